The van der Waals surface area contributed by atoms with Crippen LogP contribution in [0.1, 0.15) is 23.1 Å². The van der Waals surface area contributed by atoms with Crippen LogP contribution in [0, 0.1) is 6.92 Å². The highest BCUT2D eigenvalue weighted by molar-refractivity contribution is 5.97. The Morgan fingerprint density at radius 2 is 2.44 bits per heavy atom. The largest absolute Gasteiger partial charge is 0.395 e. The van der Waals surface area contributed by atoms with Gasteiger partial charge in [0, 0.05) is 6.54 Å². The fraction of sp³-hybridized carbons (Fsp3) is 0.636. The first-order valence-electron chi connectivity index (χ1n) is 5.88. The molecule has 1 amide bonds. The Labute approximate surface area is 105 Å². The fourth-order valence-electron chi connectivity index (χ4n) is 1.95. The summed E-state index contributed by atoms with van der Waals surface area (Å²) in [5.74, 6) is -0.230. The van der Waals surface area contributed by atoms with Gasteiger partial charge < -0.3 is 20.5 Å². The highest BCUT2D eigenvalue weighted by atomic mass is 16.5. The van der Waals surface area contributed by atoms with Gasteiger partial charge in [0.15, 0.2) is 5.69 Å². The summed E-state index contributed by atoms with van der Waals surface area (Å²) in [6, 6.07) is -0.0586. The van der Waals surface area contributed by atoms with Crippen LogP contribution in [-0.2, 0) is 4.74 Å². The number of rotatable bonds is 2. The molecule has 1 aromatic heterocycles. The van der Waals surface area contributed by atoms with Gasteiger partial charge in [0.2, 0.25) is 0 Å². The van der Waals surface area contributed by atoms with Crippen LogP contribution in [0.4, 0.5) is 5.69 Å². The third-order valence-electron chi connectivity index (χ3n) is 3.17. The molecule has 0 spiro atoms. The fourth-order valence-corrected chi connectivity index (χ4v) is 1.95. The molecule has 1 saturated heterocycles. The van der Waals surface area contributed by atoms with Gasteiger partial charge in [0.05, 0.1) is 36.7 Å². The van der Waals surface area contributed by atoms with Crippen LogP contribution in [0.3, 0.4) is 0 Å². The molecule has 7 nitrogen and oxygen atoms in total. The van der Waals surface area contributed by atoms with E-state index in [1.54, 1.807) is 11.8 Å². The van der Waals surface area contributed by atoms with Gasteiger partial charge in [-0.2, -0.15) is 5.10 Å². The molecule has 0 saturated carbocycles. The summed E-state index contributed by atoms with van der Waals surface area (Å²) in [6.07, 6.45) is -0.341. The highest BCUT2D eigenvalue weighted by Crippen LogP contribution is 2.19. The molecule has 0 bridgehead atoms. The number of nitrogens with one attached hydrogen (secondary N) is 1. The molecule has 1 fully saturated rings. The van der Waals surface area contributed by atoms with E-state index in [0.29, 0.717) is 24.5 Å². The van der Waals surface area contributed by atoms with Gasteiger partial charge in [-0.25, -0.2) is 0 Å². The van der Waals surface area contributed by atoms with E-state index in [9.17, 15) is 4.79 Å². The van der Waals surface area contributed by atoms with Gasteiger partial charge in [-0.05, 0) is 13.8 Å². The second-order valence-corrected chi connectivity index (χ2v) is 4.56. The number of carbonyl (C=O) groups is 1. The van der Waals surface area contributed by atoms with E-state index in [0.717, 1.165) is 0 Å². The smallest absolute Gasteiger partial charge is 0.276 e. The number of morpholine rings is 1. The number of nitrogens with two attached hydrogens (primary N) is 1. The van der Waals surface area contributed by atoms with Crippen molar-refractivity contribution in [3.05, 3.63) is 11.4 Å². The van der Waals surface area contributed by atoms with Crippen molar-refractivity contribution < 1.29 is 14.6 Å². The maximum Gasteiger partial charge on any atom is 0.276 e. The van der Waals surface area contributed by atoms with Crippen molar-refractivity contribution in [1.82, 2.24) is 15.1 Å². The number of aliphatic hydroxyl groups excluding tert-OH is 1. The van der Waals surface area contributed by atoms with Crippen LogP contribution in [0.2, 0.25) is 0 Å². The number of anilines is 1. The summed E-state index contributed by atoms with van der Waals surface area (Å²) in [7, 11) is 0. The molecule has 0 radical (unpaired) electrons. The molecule has 2 heterocycles. The van der Waals surface area contributed by atoms with Crippen LogP contribution in [-0.4, -0.2) is 58.0 Å². The molecule has 1 aliphatic heterocycles. The summed E-state index contributed by atoms with van der Waals surface area (Å²) < 4.78 is 5.39. The number of nitrogen functional groups attached to an aromatic ring is 1. The van der Waals surface area contributed by atoms with Crippen molar-refractivity contribution in [2.75, 3.05) is 25.5 Å². The predicted octanol–water partition coefficient (Wildman–Crippen LogP) is -0.478. The van der Waals surface area contributed by atoms with Gasteiger partial charge in [-0.1, -0.05) is 0 Å². The van der Waals surface area contributed by atoms with Crippen molar-refractivity contribution in [2.24, 2.45) is 0 Å². The first kappa shape index (κ1) is 12.8. The average molecular weight is 254 g/mol. The lowest BCUT2D eigenvalue weighted by Gasteiger charge is -2.37. The molecular weight excluding hydrogens is 236 g/mol. The van der Waals surface area contributed by atoms with E-state index in [1.807, 2.05) is 6.92 Å². The summed E-state index contributed by atoms with van der Waals surface area (Å²) in [6.45, 7) is 4.30. The van der Waals surface area contributed by atoms with Crippen LogP contribution < -0.4 is 5.73 Å². The summed E-state index contributed by atoms with van der Waals surface area (Å²) >= 11 is 0. The van der Waals surface area contributed by atoms with Crippen LogP contribution in [0.5, 0.6) is 0 Å². The molecule has 0 aromatic carbocycles. The first-order valence-corrected chi connectivity index (χ1v) is 5.88. The number of aliphatic hydroxyl groups is 1. The summed E-state index contributed by atoms with van der Waals surface area (Å²) in [5, 5.41) is 15.7. The maximum atomic E-state index is 12.3. The SMILES string of the molecule is Cc1[nH]nc(C(=O)N2CC(CO)OCC2C)c1N. The van der Waals surface area contributed by atoms with E-state index in [-0.39, 0.29) is 30.4 Å². The lowest BCUT2D eigenvalue weighted by atomic mass is 10.1. The Hall–Kier alpha value is -1.60. The van der Waals surface area contributed by atoms with Gasteiger partial charge in [0.25, 0.3) is 5.91 Å². The third-order valence-corrected chi connectivity index (χ3v) is 3.17. The Morgan fingerprint density at radius 3 is 3.00 bits per heavy atom. The molecule has 2 unspecified atom stereocenters. The zero-order valence-electron chi connectivity index (χ0n) is 10.5. The second kappa shape index (κ2) is 4.95. The summed E-state index contributed by atoms with van der Waals surface area (Å²) in [4.78, 5) is 14.0. The molecule has 1 aromatic rings. The standard InChI is InChI=1S/C11H18N4O3/c1-6-5-18-8(4-16)3-15(6)11(17)10-9(12)7(2)13-14-10/h6,8,16H,3-5,12H2,1-2H3,(H,13,14). The number of carbonyl (C=O) groups excluding carboxylic acids is 1. The van der Waals surface area contributed by atoms with Crippen LogP contribution in [0.25, 0.3) is 0 Å². The van der Waals surface area contributed by atoms with Crippen LogP contribution >= 0.6 is 0 Å². The molecule has 1 aliphatic rings. The van der Waals surface area contributed by atoms with Crippen molar-refractivity contribution in [1.29, 1.82) is 0 Å². The van der Waals surface area contributed by atoms with Gasteiger partial charge in [-0.3, -0.25) is 9.89 Å². The molecular formula is C11H18N4O3. The predicted molar refractivity (Wildman–Crippen MR) is 65.1 cm³/mol. The zero-order valence-corrected chi connectivity index (χ0v) is 10.5. The third kappa shape index (κ3) is 2.19. The van der Waals surface area contributed by atoms with E-state index < -0.39 is 0 Å². The number of amides is 1. The zero-order chi connectivity index (χ0) is 13.3. The molecule has 7 heteroatoms. The van der Waals surface area contributed by atoms with E-state index >= 15 is 0 Å². The molecule has 4 N–H and O–H groups in total. The molecule has 18 heavy (non-hydrogen) atoms. The van der Waals surface area contributed by atoms with Crippen molar-refractivity contribution in [3.63, 3.8) is 0 Å². The minimum atomic E-state index is -0.341. The molecule has 0 aliphatic carbocycles. The van der Waals surface area contributed by atoms with E-state index in [2.05, 4.69) is 10.2 Å². The second-order valence-electron chi connectivity index (χ2n) is 4.56. The Balaban J connectivity index is 2.19. The van der Waals surface area contributed by atoms with Gasteiger partial charge >= 0.3 is 0 Å². The quantitative estimate of drug-likeness (QED) is 0.661. The van der Waals surface area contributed by atoms with Gasteiger partial charge in [-0.15, -0.1) is 0 Å². The number of nitrogens with zero attached hydrogens (tertiary/aromatic N) is 2. The monoisotopic (exact) mass is 254 g/mol. The molecule has 2 rings (SSSR count). The Bertz CT molecular complexity index is 445. The Morgan fingerprint density at radius 1 is 1.72 bits per heavy atom. The maximum absolute atomic E-state index is 12.3. The van der Waals surface area contributed by atoms with Crippen molar-refractivity contribution in [2.45, 2.75) is 26.0 Å². The molecule has 2 atom stereocenters. The highest BCUT2D eigenvalue weighted by Gasteiger charge is 2.32. The normalized spacial score (nSPS) is 24.3. The minimum Gasteiger partial charge on any atom is -0.395 e. The number of hydrogen-bond donors (Lipinski definition) is 3. The molecule has 100 valence electrons. The lowest BCUT2D eigenvalue weighted by Crippen LogP contribution is -2.52. The summed E-state index contributed by atoms with van der Waals surface area (Å²) in [5.41, 5.74) is 7.09. The van der Waals surface area contributed by atoms with Gasteiger partial charge in [0.1, 0.15) is 0 Å². The minimum absolute atomic E-state index is 0.0586. The number of aromatic nitrogens is 2. The van der Waals surface area contributed by atoms with E-state index in [4.69, 9.17) is 15.6 Å². The number of ether oxygens (including phenoxy) is 1. The Kier molecular flexibility index (Phi) is 3.53. The number of hydrogen-bond acceptors (Lipinski definition) is 5. The topological polar surface area (TPSA) is 104 Å². The number of H-pyrrole nitrogens is 1. The average Bonchev–Trinajstić information content (AvgIpc) is 2.70. The van der Waals surface area contributed by atoms with E-state index in [1.165, 1.54) is 0 Å². The number of aryl methyl sites for hydroxylation is 1. The lowest BCUT2D eigenvalue weighted by molar-refractivity contribution is -0.0668. The first-order chi connectivity index (χ1) is 8.54. The van der Waals surface area contributed by atoms with Crippen molar-refractivity contribution in [3.8, 4) is 0 Å². The van der Waals surface area contributed by atoms with Crippen molar-refractivity contribution >= 4 is 11.6 Å². The number of aromatic amines is 1. The van der Waals surface area contributed by atoms with Crippen LogP contribution in [0.15, 0.2) is 0 Å².